The monoisotopic (exact) mass is 233 g/mol. The molecule has 1 heterocycles. The van der Waals surface area contributed by atoms with E-state index in [1.54, 1.807) is 0 Å². The zero-order valence-corrected chi connectivity index (χ0v) is 11.3. The summed E-state index contributed by atoms with van der Waals surface area (Å²) in [6.07, 6.45) is 2.28. The van der Waals surface area contributed by atoms with E-state index >= 15 is 0 Å². The summed E-state index contributed by atoms with van der Waals surface area (Å²) in [5.41, 5.74) is 0. The van der Waals surface area contributed by atoms with Crippen LogP contribution in [0.4, 0.5) is 0 Å². The molecule has 0 amide bonds. The third-order valence-corrected chi connectivity index (χ3v) is 8.65. The highest BCUT2D eigenvalue weighted by Gasteiger charge is 2.28. The normalized spacial score (nSPS) is 25.5. The minimum Gasteiger partial charge on any atom is -0.391 e. The molecule has 2 atom stereocenters. The minimum atomic E-state index is -0.537. The fraction of sp³-hybridized carbons (Fsp3) is 1.00. The molecule has 15 heavy (non-hydrogen) atoms. The van der Waals surface area contributed by atoms with Gasteiger partial charge in [-0.25, -0.2) is 10.0 Å². The zero-order valence-electron chi connectivity index (χ0n) is 10.5. The van der Waals surface area contributed by atoms with Crippen LogP contribution in [0.2, 0.25) is 0 Å². The predicted molar refractivity (Wildman–Crippen MR) is 71.1 cm³/mol. The molecule has 0 radical (unpaired) electrons. The van der Waals surface area contributed by atoms with Crippen molar-refractivity contribution in [2.75, 3.05) is 29.6 Å². The van der Waals surface area contributed by atoms with E-state index in [-0.39, 0.29) is 6.10 Å². The van der Waals surface area contributed by atoms with Gasteiger partial charge in [-0.15, -0.1) is 0 Å². The summed E-state index contributed by atoms with van der Waals surface area (Å²) < 4.78 is 0. The zero-order chi connectivity index (χ0) is 11.3. The first kappa shape index (κ1) is 13.3. The van der Waals surface area contributed by atoms with Crippen LogP contribution < -0.4 is 5.32 Å². The van der Waals surface area contributed by atoms with Crippen molar-refractivity contribution in [3.63, 3.8) is 0 Å². The Kier molecular flexibility index (Phi) is 5.44. The molecule has 2 N–H and O–H groups in total. The molecule has 0 aromatic carbocycles. The van der Waals surface area contributed by atoms with E-state index in [1.165, 1.54) is 23.7 Å². The molecule has 1 saturated heterocycles. The Hall–Kier alpha value is 0.270. The van der Waals surface area contributed by atoms with E-state index in [4.69, 9.17) is 0 Å². The van der Waals surface area contributed by atoms with Crippen LogP contribution >= 0.6 is 10.0 Å². The predicted octanol–water partition coefficient (Wildman–Crippen LogP) is 1.96. The minimum absolute atomic E-state index is 0.109. The van der Waals surface area contributed by atoms with Gasteiger partial charge in [0.25, 0.3) is 0 Å². The molecule has 1 fully saturated rings. The molecule has 0 unspecified atom stereocenters. The summed E-state index contributed by atoms with van der Waals surface area (Å²) in [5.74, 6) is 4.85. The van der Waals surface area contributed by atoms with Crippen molar-refractivity contribution in [3.8, 4) is 0 Å². The summed E-state index contributed by atoms with van der Waals surface area (Å²) in [6, 6.07) is 0.376. The Bertz CT molecular complexity index is 168. The molecule has 0 saturated carbocycles. The second-order valence-corrected chi connectivity index (χ2v) is 9.04. The Labute approximate surface area is 96.2 Å². The maximum absolute atomic E-state index is 10.2. The number of aliphatic hydroxyl groups is 1. The van der Waals surface area contributed by atoms with Crippen LogP contribution in [-0.2, 0) is 0 Å². The molecule has 3 heteroatoms. The average Bonchev–Trinajstić information content (AvgIpc) is 2.79. The van der Waals surface area contributed by atoms with Crippen molar-refractivity contribution in [1.29, 1.82) is 0 Å². The van der Waals surface area contributed by atoms with Gasteiger partial charge in [0.1, 0.15) is 0 Å². The highest BCUT2D eigenvalue weighted by atomic mass is 32.3. The lowest BCUT2D eigenvalue weighted by molar-refractivity contribution is 0.158. The summed E-state index contributed by atoms with van der Waals surface area (Å²) in [7, 11) is -0.537. The van der Waals surface area contributed by atoms with E-state index in [9.17, 15) is 5.11 Å². The van der Waals surface area contributed by atoms with E-state index in [0.29, 0.717) is 6.04 Å². The summed E-state index contributed by atoms with van der Waals surface area (Å²) in [5, 5.41) is 13.7. The molecule has 1 aliphatic heterocycles. The first-order chi connectivity index (χ1) is 7.17. The van der Waals surface area contributed by atoms with Gasteiger partial charge in [-0.2, -0.15) is 0 Å². The van der Waals surface area contributed by atoms with Crippen molar-refractivity contribution in [1.82, 2.24) is 5.32 Å². The first-order valence-corrected chi connectivity index (χ1v) is 8.64. The number of hydrogen-bond acceptors (Lipinski definition) is 2. The topological polar surface area (TPSA) is 32.3 Å². The molecule has 1 aliphatic rings. The maximum atomic E-state index is 10.2. The van der Waals surface area contributed by atoms with Gasteiger partial charge in [-0.3, -0.25) is 0 Å². The third kappa shape index (κ3) is 3.36. The summed E-state index contributed by atoms with van der Waals surface area (Å²) in [4.78, 5) is 0. The van der Waals surface area contributed by atoms with Crippen molar-refractivity contribution in [2.45, 2.75) is 45.8 Å². The Balaban J connectivity index is 2.49. The lowest BCUT2D eigenvalue weighted by atomic mass is 10.1. The van der Waals surface area contributed by atoms with E-state index in [0.717, 1.165) is 18.7 Å². The Morgan fingerprint density at radius 2 is 1.87 bits per heavy atom. The lowest BCUT2D eigenvalue weighted by Gasteiger charge is -2.40. The highest BCUT2D eigenvalue weighted by molar-refractivity contribution is 8.33. The fourth-order valence-electron chi connectivity index (χ4n) is 2.48. The smallest absolute Gasteiger partial charge is 0.0768 e. The molecule has 1 rings (SSSR count). The fourth-order valence-corrected chi connectivity index (χ4v) is 5.37. The van der Waals surface area contributed by atoms with Crippen molar-refractivity contribution < 1.29 is 5.11 Å². The molecule has 92 valence electrons. The lowest BCUT2D eigenvalue weighted by Crippen LogP contribution is -2.39. The number of aliphatic hydroxyl groups excluding tert-OH is 1. The van der Waals surface area contributed by atoms with Crippen LogP contribution in [0.1, 0.15) is 33.6 Å². The second-order valence-electron chi connectivity index (χ2n) is 4.53. The van der Waals surface area contributed by atoms with Gasteiger partial charge in [0, 0.05) is 11.8 Å². The van der Waals surface area contributed by atoms with Crippen LogP contribution in [0.15, 0.2) is 0 Å². The van der Waals surface area contributed by atoms with Crippen molar-refractivity contribution in [2.24, 2.45) is 0 Å². The van der Waals surface area contributed by atoms with Crippen molar-refractivity contribution >= 4 is 10.0 Å². The van der Waals surface area contributed by atoms with Crippen LogP contribution in [0.3, 0.4) is 0 Å². The number of rotatable bonds is 6. The quantitative estimate of drug-likeness (QED) is 0.735. The molecular formula is C12H27NOS. The molecule has 0 aliphatic carbocycles. The van der Waals surface area contributed by atoms with Gasteiger partial charge in [0.2, 0.25) is 0 Å². The van der Waals surface area contributed by atoms with Gasteiger partial charge < -0.3 is 10.4 Å². The molecule has 0 bridgehead atoms. The van der Waals surface area contributed by atoms with Gasteiger partial charge >= 0.3 is 0 Å². The van der Waals surface area contributed by atoms with Crippen LogP contribution in [-0.4, -0.2) is 46.8 Å². The summed E-state index contributed by atoms with van der Waals surface area (Å²) >= 11 is 0. The van der Waals surface area contributed by atoms with Crippen LogP contribution in [0, 0.1) is 0 Å². The molecular weight excluding hydrogens is 206 g/mol. The van der Waals surface area contributed by atoms with Crippen LogP contribution in [0.5, 0.6) is 0 Å². The first-order valence-electron chi connectivity index (χ1n) is 6.33. The average molecular weight is 233 g/mol. The second kappa shape index (κ2) is 6.12. The van der Waals surface area contributed by atoms with E-state index in [1.807, 2.05) is 0 Å². The van der Waals surface area contributed by atoms with E-state index in [2.05, 4.69) is 26.1 Å². The maximum Gasteiger partial charge on any atom is 0.0768 e. The standard InChI is InChI=1S/C12H27NOS/c1-4-15(5-2,6-3)10-12(14)11-8-7-9-13-11/h11-14H,4-10H2,1-3H3/t11-,12+/m0/s1. The highest BCUT2D eigenvalue weighted by Crippen LogP contribution is 2.47. The van der Waals surface area contributed by atoms with Gasteiger partial charge in [-0.1, -0.05) is 20.8 Å². The largest absolute Gasteiger partial charge is 0.391 e. The molecule has 0 spiro atoms. The number of nitrogens with one attached hydrogen (secondary N) is 1. The molecule has 0 aromatic rings. The van der Waals surface area contributed by atoms with Crippen molar-refractivity contribution in [3.05, 3.63) is 0 Å². The third-order valence-electron chi connectivity index (χ3n) is 3.92. The SMILES string of the molecule is CCS(CC)(CC)C[C@@H](O)[C@@H]1CCCN1. The Morgan fingerprint density at radius 1 is 1.27 bits per heavy atom. The van der Waals surface area contributed by atoms with Gasteiger partial charge in [-0.05, 0) is 36.6 Å². The van der Waals surface area contributed by atoms with Gasteiger partial charge in [0.05, 0.1) is 6.10 Å². The molecule has 2 nitrogen and oxygen atoms in total. The van der Waals surface area contributed by atoms with Gasteiger partial charge in [0.15, 0.2) is 0 Å². The number of hydrogen-bond donors (Lipinski definition) is 2. The Morgan fingerprint density at radius 3 is 2.27 bits per heavy atom. The van der Waals surface area contributed by atoms with E-state index < -0.39 is 10.0 Å². The molecule has 0 aromatic heterocycles. The van der Waals surface area contributed by atoms with Crippen LogP contribution in [0.25, 0.3) is 0 Å². The summed E-state index contributed by atoms with van der Waals surface area (Å²) in [6.45, 7) is 7.96.